The molecule has 12 nitrogen and oxygen atoms in total. The van der Waals surface area contributed by atoms with Gasteiger partial charge in [0.25, 0.3) is 0 Å². The first kappa shape index (κ1) is 22.2. The largest absolute Gasteiger partial charge is 0.480 e. The van der Waals surface area contributed by atoms with Gasteiger partial charge in [-0.1, -0.05) is 0 Å². The molecule has 0 atom stereocenters. The molecule has 0 spiro atoms. The number of methoxy groups -OCH3 is 3. The van der Waals surface area contributed by atoms with E-state index in [1.807, 2.05) is 12.1 Å². The van der Waals surface area contributed by atoms with Crippen LogP contribution in [0.4, 0.5) is 5.95 Å². The zero-order valence-corrected chi connectivity index (χ0v) is 19.0. The van der Waals surface area contributed by atoms with Crippen molar-refractivity contribution in [1.82, 2.24) is 39.7 Å². The van der Waals surface area contributed by atoms with Crippen LogP contribution in [-0.4, -0.2) is 66.8 Å². The molecule has 0 saturated heterocycles. The summed E-state index contributed by atoms with van der Waals surface area (Å²) in [4.78, 5) is 21.1. The molecule has 0 aliphatic rings. The molecular weight excluding hydrogens is 446 g/mol. The van der Waals surface area contributed by atoms with E-state index in [1.165, 1.54) is 32.5 Å². The van der Waals surface area contributed by atoms with Gasteiger partial charge in [0.1, 0.15) is 6.33 Å². The van der Waals surface area contributed by atoms with Gasteiger partial charge in [0, 0.05) is 30.1 Å². The number of nitrogens with one attached hydrogen (secondary N) is 1. The monoisotopic (exact) mass is 467 g/mol. The summed E-state index contributed by atoms with van der Waals surface area (Å²) in [5, 5.41) is 8.69. The Bertz CT molecular complexity index is 1170. The summed E-state index contributed by atoms with van der Waals surface area (Å²) in [5.41, 5.74) is 2.07. The van der Waals surface area contributed by atoms with Gasteiger partial charge in [0.05, 0.1) is 39.4 Å². The molecule has 0 bridgehead atoms. The molecule has 4 aromatic rings. The minimum Gasteiger partial charge on any atom is -0.480 e. The van der Waals surface area contributed by atoms with Crippen molar-refractivity contribution >= 4 is 17.9 Å². The fourth-order valence-electron chi connectivity index (χ4n) is 2.93. The minimum absolute atomic E-state index is 0.313. The molecule has 170 valence electrons. The third-order valence-corrected chi connectivity index (χ3v) is 5.20. The lowest BCUT2D eigenvalue weighted by Crippen LogP contribution is -2.09. The van der Waals surface area contributed by atoms with Crippen molar-refractivity contribution in [2.45, 2.75) is 6.42 Å². The number of hydrogen-bond acceptors (Lipinski definition) is 12. The van der Waals surface area contributed by atoms with Gasteiger partial charge in [-0.05, 0) is 24.1 Å². The Morgan fingerprint density at radius 3 is 2.39 bits per heavy atom. The van der Waals surface area contributed by atoms with Gasteiger partial charge in [-0.25, -0.2) is 4.98 Å². The standard InChI is InChI=1S/C20H21N9O3S/c1-30-15-11-22-14(10-23-15)6-8-33-28-20-27-26-17(13-5-4-7-21-9-13)29(20)16-18(31-2)24-12-25-19(16)32-3/h4-5,7,9-12H,6,8H2,1-3H3,(H,27,28). The van der Waals surface area contributed by atoms with Gasteiger partial charge < -0.3 is 14.2 Å². The smallest absolute Gasteiger partial charge is 0.245 e. The van der Waals surface area contributed by atoms with Gasteiger partial charge in [-0.2, -0.15) is 9.97 Å². The molecule has 0 aliphatic carbocycles. The lowest BCUT2D eigenvalue weighted by atomic mass is 10.2. The molecule has 0 unspecified atom stereocenters. The van der Waals surface area contributed by atoms with Crippen LogP contribution >= 0.6 is 11.9 Å². The zero-order valence-electron chi connectivity index (χ0n) is 18.2. The minimum atomic E-state index is 0.313. The average Bonchev–Trinajstić information content (AvgIpc) is 3.30. The third kappa shape index (κ3) is 4.92. The number of aryl methyl sites for hydroxylation is 1. The fraction of sp³-hybridized carbons (Fsp3) is 0.250. The van der Waals surface area contributed by atoms with Crippen LogP contribution in [0, 0.1) is 0 Å². The van der Waals surface area contributed by atoms with Gasteiger partial charge in [0.2, 0.25) is 23.6 Å². The number of nitrogens with zero attached hydrogens (tertiary/aromatic N) is 8. The van der Waals surface area contributed by atoms with E-state index in [0.29, 0.717) is 47.3 Å². The lowest BCUT2D eigenvalue weighted by molar-refractivity contribution is 0.368. The predicted molar refractivity (Wildman–Crippen MR) is 122 cm³/mol. The van der Waals surface area contributed by atoms with E-state index in [4.69, 9.17) is 14.2 Å². The second kappa shape index (κ2) is 10.5. The normalized spacial score (nSPS) is 10.6. The van der Waals surface area contributed by atoms with E-state index in [0.717, 1.165) is 11.3 Å². The van der Waals surface area contributed by atoms with Crippen molar-refractivity contribution in [2.75, 3.05) is 31.8 Å². The molecule has 1 N–H and O–H groups in total. The van der Waals surface area contributed by atoms with E-state index in [2.05, 4.69) is 39.8 Å². The second-order valence-electron chi connectivity index (χ2n) is 6.42. The van der Waals surface area contributed by atoms with Crippen molar-refractivity contribution < 1.29 is 14.2 Å². The molecular formula is C20H21N9O3S. The van der Waals surface area contributed by atoms with Gasteiger partial charge in [0.15, 0.2) is 11.5 Å². The Balaban J connectivity index is 1.62. The maximum atomic E-state index is 5.48. The van der Waals surface area contributed by atoms with Crippen LogP contribution < -0.4 is 18.9 Å². The molecule has 0 aliphatic heterocycles. The van der Waals surface area contributed by atoms with E-state index >= 15 is 0 Å². The van der Waals surface area contributed by atoms with Crippen LogP contribution in [-0.2, 0) is 6.42 Å². The second-order valence-corrected chi connectivity index (χ2v) is 7.32. The highest BCUT2D eigenvalue weighted by Crippen LogP contribution is 2.35. The number of ether oxygens (including phenoxy) is 3. The summed E-state index contributed by atoms with van der Waals surface area (Å²) in [5.74, 6) is 2.79. The zero-order chi connectivity index (χ0) is 23.0. The molecule has 13 heteroatoms. The van der Waals surface area contributed by atoms with Crippen molar-refractivity contribution in [3.05, 3.63) is 48.9 Å². The van der Waals surface area contributed by atoms with Crippen LogP contribution in [0.2, 0.25) is 0 Å². The maximum absolute atomic E-state index is 5.48. The highest BCUT2D eigenvalue weighted by atomic mass is 32.2. The summed E-state index contributed by atoms with van der Waals surface area (Å²) in [6.07, 6.45) is 8.74. The first-order valence-electron chi connectivity index (χ1n) is 9.77. The predicted octanol–water partition coefficient (Wildman–Crippen LogP) is 2.24. The molecule has 0 fully saturated rings. The molecule has 4 heterocycles. The summed E-state index contributed by atoms with van der Waals surface area (Å²) in [6, 6.07) is 3.71. The molecule has 33 heavy (non-hydrogen) atoms. The van der Waals surface area contributed by atoms with Crippen molar-refractivity contribution in [3.63, 3.8) is 0 Å². The highest BCUT2D eigenvalue weighted by molar-refractivity contribution is 8.00. The van der Waals surface area contributed by atoms with Crippen LogP contribution in [0.15, 0.2) is 43.2 Å². The number of pyridine rings is 1. The number of rotatable bonds is 10. The number of hydrogen-bond donors (Lipinski definition) is 1. The quantitative estimate of drug-likeness (QED) is 0.271. The Kier molecular flexibility index (Phi) is 7.09. The highest BCUT2D eigenvalue weighted by Gasteiger charge is 2.24. The fourth-order valence-corrected chi connectivity index (χ4v) is 3.60. The first-order chi connectivity index (χ1) is 16.2. The molecule has 4 rings (SSSR count). The summed E-state index contributed by atoms with van der Waals surface area (Å²) in [7, 11) is 4.61. The Morgan fingerprint density at radius 2 is 1.76 bits per heavy atom. The SMILES string of the molecule is COc1cnc(CCSNc2nnc(-c3cccnc3)n2-c2c(OC)ncnc2OC)cn1. The molecule has 4 aromatic heterocycles. The van der Waals surface area contributed by atoms with Gasteiger partial charge in [-0.15, -0.1) is 10.2 Å². The van der Waals surface area contributed by atoms with Crippen LogP contribution in [0.1, 0.15) is 5.69 Å². The average molecular weight is 468 g/mol. The van der Waals surface area contributed by atoms with Gasteiger partial charge in [-0.3, -0.25) is 19.3 Å². The van der Waals surface area contributed by atoms with Crippen LogP contribution in [0.3, 0.4) is 0 Å². The number of aromatic nitrogens is 8. The topological polar surface area (TPSA) is 135 Å². The maximum Gasteiger partial charge on any atom is 0.245 e. The Labute approximate surface area is 194 Å². The third-order valence-electron chi connectivity index (χ3n) is 4.46. The van der Waals surface area contributed by atoms with Gasteiger partial charge >= 0.3 is 0 Å². The van der Waals surface area contributed by atoms with Crippen LogP contribution in [0.5, 0.6) is 17.6 Å². The first-order valence-corrected chi connectivity index (χ1v) is 10.8. The Hall–Kier alpha value is -4.00. The van der Waals surface area contributed by atoms with Crippen LogP contribution in [0.25, 0.3) is 17.1 Å². The van der Waals surface area contributed by atoms with Crippen molar-refractivity contribution in [1.29, 1.82) is 0 Å². The van der Waals surface area contributed by atoms with Crippen molar-refractivity contribution in [3.8, 4) is 34.7 Å². The van der Waals surface area contributed by atoms with E-state index < -0.39 is 0 Å². The summed E-state index contributed by atoms with van der Waals surface area (Å²) < 4.78 is 21.0. The van der Waals surface area contributed by atoms with E-state index in [1.54, 1.807) is 36.5 Å². The molecule has 0 radical (unpaired) electrons. The summed E-state index contributed by atoms with van der Waals surface area (Å²) in [6.45, 7) is 0. The molecule has 0 amide bonds. The molecule has 0 saturated carbocycles. The lowest BCUT2D eigenvalue weighted by Gasteiger charge is -2.15. The Morgan fingerprint density at radius 1 is 0.939 bits per heavy atom. The summed E-state index contributed by atoms with van der Waals surface area (Å²) >= 11 is 1.44. The van der Waals surface area contributed by atoms with Crippen molar-refractivity contribution in [2.24, 2.45) is 0 Å². The molecule has 0 aromatic carbocycles. The number of anilines is 1. The van der Waals surface area contributed by atoms with E-state index in [-0.39, 0.29) is 0 Å². The van der Waals surface area contributed by atoms with E-state index in [9.17, 15) is 0 Å².